The molecule has 0 aromatic carbocycles. The predicted molar refractivity (Wildman–Crippen MR) is 65.7 cm³/mol. The Morgan fingerprint density at radius 1 is 1.56 bits per heavy atom. The minimum atomic E-state index is -1.06. The molecule has 6 heteroatoms. The molecule has 0 saturated carbocycles. The Bertz CT molecular complexity index is 571. The molecule has 2 aromatic heterocycles. The molecule has 2 heterocycles. The summed E-state index contributed by atoms with van der Waals surface area (Å²) in [5, 5.41) is 16.2. The fourth-order valence-corrected chi connectivity index (χ4v) is 1.75. The van der Waals surface area contributed by atoms with Gasteiger partial charge in [-0.15, -0.1) is 0 Å². The Balaban J connectivity index is 2.13. The van der Waals surface area contributed by atoms with Crippen LogP contribution in [0.4, 0.5) is 5.69 Å². The molecule has 0 radical (unpaired) electrons. The lowest BCUT2D eigenvalue weighted by Gasteiger charge is -2.11. The Morgan fingerprint density at radius 3 is 2.78 bits per heavy atom. The van der Waals surface area contributed by atoms with Crippen molar-refractivity contribution in [1.82, 2.24) is 9.78 Å². The van der Waals surface area contributed by atoms with Crippen LogP contribution in [0.25, 0.3) is 0 Å². The topological polar surface area (TPSA) is 80.3 Å². The van der Waals surface area contributed by atoms with Crippen molar-refractivity contribution in [3.8, 4) is 0 Å². The maximum Gasteiger partial charge on any atom is 0.371 e. The molecule has 0 amide bonds. The first-order chi connectivity index (χ1) is 8.47. The summed E-state index contributed by atoms with van der Waals surface area (Å²) in [5.74, 6) is -0.539. The highest BCUT2D eigenvalue weighted by Crippen LogP contribution is 2.22. The van der Waals surface area contributed by atoms with Crippen LogP contribution in [0.1, 0.15) is 35.0 Å². The lowest BCUT2D eigenvalue weighted by atomic mass is 10.2. The smallest absolute Gasteiger partial charge is 0.371 e. The van der Waals surface area contributed by atoms with E-state index in [9.17, 15) is 4.79 Å². The predicted octanol–water partition coefficient (Wildman–Crippen LogP) is 2.19. The molecule has 2 N–H and O–H groups in total. The van der Waals surface area contributed by atoms with Gasteiger partial charge < -0.3 is 14.8 Å². The summed E-state index contributed by atoms with van der Waals surface area (Å²) in [4.78, 5) is 10.7. The molecule has 0 aliphatic heterocycles. The fraction of sp³-hybridized carbons (Fsp3) is 0.333. The highest BCUT2D eigenvalue weighted by atomic mass is 16.4. The second kappa shape index (κ2) is 4.56. The first-order valence-corrected chi connectivity index (χ1v) is 5.57. The number of aromatic nitrogens is 2. The summed E-state index contributed by atoms with van der Waals surface area (Å²) in [5.41, 5.74) is 1.78. The largest absolute Gasteiger partial charge is 0.475 e. The van der Waals surface area contributed by atoms with E-state index in [1.807, 2.05) is 27.1 Å². The molecule has 18 heavy (non-hydrogen) atoms. The van der Waals surface area contributed by atoms with Gasteiger partial charge in [-0.25, -0.2) is 4.79 Å². The number of carboxylic acids is 1. The number of aryl methyl sites for hydroxylation is 2. The zero-order valence-electron chi connectivity index (χ0n) is 10.5. The number of carbonyl (C=O) groups is 1. The average molecular weight is 249 g/mol. The zero-order chi connectivity index (χ0) is 13.3. The lowest BCUT2D eigenvalue weighted by molar-refractivity contribution is 0.0660. The van der Waals surface area contributed by atoms with Gasteiger partial charge in [-0.3, -0.25) is 4.68 Å². The second-order valence-electron chi connectivity index (χ2n) is 4.18. The van der Waals surface area contributed by atoms with Crippen molar-refractivity contribution in [1.29, 1.82) is 0 Å². The quantitative estimate of drug-likeness (QED) is 0.868. The summed E-state index contributed by atoms with van der Waals surface area (Å²) < 4.78 is 6.95. The Kier molecular flexibility index (Phi) is 3.10. The van der Waals surface area contributed by atoms with Crippen molar-refractivity contribution in [3.63, 3.8) is 0 Å². The van der Waals surface area contributed by atoms with E-state index >= 15 is 0 Å². The number of nitrogens with zero attached hydrogens (tertiary/aromatic N) is 2. The van der Waals surface area contributed by atoms with Gasteiger partial charge in [0.2, 0.25) is 5.76 Å². The van der Waals surface area contributed by atoms with Crippen LogP contribution in [0, 0.1) is 6.92 Å². The molecule has 6 nitrogen and oxygen atoms in total. The Hall–Kier alpha value is -2.24. The number of rotatable bonds is 4. The monoisotopic (exact) mass is 249 g/mol. The van der Waals surface area contributed by atoms with E-state index in [0.29, 0.717) is 5.76 Å². The van der Waals surface area contributed by atoms with Gasteiger partial charge in [0.05, 0.1) is 17.4 Å². The molecule has 0 aliphatic carbocycles. The molecule has 0 bridgehead atoms. The minimum Gasteiger partial charge on any atom is -0.475 e. The van der Waals surface area contributed by atoms with Gasteiger partial charge in [0.1, 0.15) is 5.76 Å². The summed E-state index contributed by atoms with van der Waals surface area (Å²) in [7, 11) is 1.85. The van der Waals surface area contributed by atoms with E-state index in [4.69, 9.17) is 9.52 Å². The van der Waals surface area contributed by atoms with Crippen LogP contribution in [0.5, 0.6) is 0 Å². The van der Waals surface area contributed by atoms with E-state index in [-0.39, 0.29) is 11.8 Å². The number of anilines is 1. The van der Waals surface area contributed by atoms with Crippen LogP contribution in [-0.2, 0) is 7.05 Å². The first kappa shape index (κ1) is 12.2. The van der Waals surface area contributed by atoms with Crippen LogP contribution in [0.2, 0.25) is 0 Å². The molecule has 2 rings (SSSR count). The van der Waals surface area contributed by atoms with Crippen LogP contribution < -0.4 is 5.32 Å². The molecular weight excluding hydrogens is 234 g/mol. The standard InChI is InChI=1S/C12H15N3O3/c1-7-9(6-15(3)14-7)13-8(2)10-4-5-11(18-10)12(16)17/h4-6,8,13H,1-3H3,(H,16,17). The number of aromatic carboxylic acids is 1. The molecule has 1 unspecified atom stereocenters. The number of hydrogen-bond acceptors (Lipinski definition) is 4. The van der Waals surface area contributed by atoms with Crippen molar-refractivity contribution in [2.45, 2.75) is 19.9 Å². The van der Waals surface area contributed by atoms with Gasteiger partial charge in [-0.2, -0.15) is 5.10 Å². The van der Waals surface area contributed by atoms with Crippen molar-refractivity contribution in [2.75, 3.05) is 5.32 Å². The third kappa shape index (κ3) is 2.37. The minimum absolute atomic E-state index is 0.0541. The van der Waals surface area contributed by atoms with Gasteiger partial charge in [0.25, 0.3) is 0 Å². The van der Waals surface area contributed by atoms with Gasteiger partial charge in [-0.05, 0) is 26.0 Å². The molecule has 0 aliphatic rings. The van der Waals surface area contributed by atoms with Crippen molar-refractivity contribution < 1.29 is 14.3 Å². The summed E-state index contributed by atoms with van der Waals surface area (Å²) in [6.07, 6.45) is 1.87. The van der Waals surface area contributed by atoms with Crippen LogP contribution in [0.3, 0.4) is 0 Å². The highest BCUT2D eigenvalue weighted by Gasteiger charge is 2.15. The highest BCUT2D eigenvalue weighted by molar-refractivity contribution is 5.84. The maximum atomic E-state index is 10.7. The van der Waals surface area contributed by atoms with E-state index in [2.05, 4.69) is 10.4 Å². The lowest BCUT2D eigenvalue weighted by Crippen LogP contribution is -2.06. The van der Waals surface area contributed by atoms with Crippen LogP contribution >= 0.6 is 0 Å². The Morgan fingerprint density at radius 2 is 2.28 bits per heavy atom. The molecule has 96 valence electrons. The molecule has 2 aromatic rings. The van der Waals surface area contributed by atoms with Gasteiger partial charge in [0, 0.05) is 13.2 Å². The first-order valence-electron chi connectivity index (χ1n) is 5.57. The third-order valence-corrected chi connectivity index (χ3v) is 2.65. The van der Waals surface area contributed by atoms with Crippen molar-refractivity contribution in [3.05, 3.63) is 35.5 Å². The molecule has 0 fully saturated rings. The summed E-state index contributed by atoms with van der Waals surface area (Å²) >= 11 is 0. The zero-order valence-corrected chi connectivity index (χ0v) is 10.5. The average Bonchev–Trinajstić information content (AvgIpc) is 2.86. The number of furan rings is 1. The van der Waals surface area contributed by atoms with Gasteiger partial charge in [0.15, 0.2) is 0 Å². The SMILES string of the molecule is Cc1nn(C)cc1NC(C)c1ccc(C(=O)O)o1. The van der Waals surface area contributed by atoms with Gasteiger partial charge in [-0.1, -0.05) is 0 Å². The van der Waals surface area contributed by atoms with Crippen LogP contribution in [0.15, 0.2) is 22.7 Å². The fourth-order valence-electron chi connectivity index (χ4n) is 1.75. The number of hydrogen-bond donors (Lipinski definition) is 2. The van der Waals surface area contributed by atoms with Crippen molar-refractivity contribution in [2.24, 2.45) is 7.05 Å². The van der Waals surface area contributed by atoms with E-state index < -0.39 is 5.97 Å². The molecule has 0 saturated heterocycles. The second-order valence-corrected chi connectivity index (χ2v) is 4.18. The normalized spacial score (nSPS) is 12.4. The van der Waals surface area contributed by atoms with E-state index in [1.54, 1.807) is 10.7 Å². The van der Waals surface area contributed by atoms with Gasteiger partial charge >= 0.3 is 5.97 Å². The Labute approximate surface area is 104 Å². The van der Waals surface area contributed by atoms with E-state index in [0.717, 1.165) is 11.4 Å². The molecule has 1 atom stereocenters. The number of carboxylic acid groups (broad SMARTS) is 1. The molecular formula is C12H15N3O3. The summed E-state index contributed by atoms with van der Waals surface area (Å²) in [6, 6.07) is 2.99. The number of nitrogens with one attached hydrogen (secondary N) is 1. The molecule has 0 spiro atoms. The third-order valence-electron chi connectivity index (χ3n) is 2.65. The maximum absolute atomic E-state index is 10.7. The van der Waals surface area contributed by atoms with E-state index in [1.165, 1.54) is 6.07 Å². The van der Waals surface area contributed by atoms with Crippen LogP contribution in [-0.4, -0.2) is 20.9 Å². The summed E-state index contributed by atoms with van der Waals surface area (Å²) in [6.45, 7) is 3.80. The van der Waals surface area contributed by atoms with Crippen molar-refractivity contribution >= 4 is 11.7 Å².